The van der Waals surface area contributed by atoms with Crippen molar-refractivity contribution in [1.82, 2.24) is 4.57 Å². The zero-order valence-electron chi connectivity index (χ0n) is 12.8. The first-order valence-corrected chi connectivity index (χ1v) is 8.41. The number of benzene rings is 2. The van der Waals surface area contributed by atoms with Crippen molar-refractivity contribution in [2.24, 2.45) is 4.99 Å². The zero-order chi connectivity index (χ0) is 17.1. The number of nitrogens with zero attached hydrogens (tertiary/aromatic N) is 2. The Morgan fingerprint density at radius 1 is 1.33 bits per heavy atom. The smallest absolute Gasteiger partial charge is 0.281 e. The van der Waals surface area contributed by atoms with Crippen LogP contribution in [0.1, 0.15) is 10.4 Å². The zero-order valence-corrected chi connectivity index (χ0v) is 14.4. The molecule has 0 aliphatic carbocycles. The molecule has 24 heavy (non-hydrogen) atoms. The average Bonchev–Trinajstić information content (AvgIpc) is 2.89. The molecule has 0 bridgehead atoms. The predicted octanol–water partition coefficient (Wildman–Crippen LogP) is 3.88. The van der Waals surface area contributed by atoms with E-state index in [-0.39, 0.29) is 5.82 Å². The molecule has 2 aromatic carbocycles. The van der Waals surface area contributed by atoms with E-state index in [1.54, 1.807) is 37.4 Å². The van der Waals surface area contributed by atoms with Gasteiger partial charge in [0, 0.05) is 13.7 Å². The Labute approximate surface area is 146 Å². The van der Waals surface area contributed by atoms with E-state index in [1.807, 2.05) is 4.57 Å². The summed E-state index contributed by atoms with van der Waals surface area (Å²) in [4.78, 5) is 17.1. The number of fused-ring (bicyclic) bond motifs is 1. The minimum absolute atomic E-state index is 0.327. The Morgan fingerprint density at radius 2 is 2.12 bits per heavy atom. The summed E-state index contributed by atoms with van der Waals surface area (Å²) in [5, 5.41) is 0.349. The Morgan fingerprint density at radius 3 is 2.88 bits per heavy atom. The molecule has 1 heterocycles. The molecule has 0 saturated carbocycles. The van der Waals surface area contributed by atoms with Crippen LogP contribution in [0.3, 0.4) is 0 Å². The van der Waals surface area contributed by atoms with Crippen molar-refractivity contribution < 1.29 is 13.9 Å². The van der Waals surface area contributed by atoms with Crippen molar-refractivity contribution >= 4 is 39.1 Å². The maximum atomic E-state index is 13.5. The molecule has 0 fully saturated rings. The summed E-state index contributed by atoms with van der Waals surface area (Å²) in [7, 11) is 1.60. The Kier molecular flexibility index (Phi) is 5.08. The molecule has 0 N–H and O–H groups in total. The van der Waals surface area contributed by atoms with Crippen LogP contribution in [0, 0.1) is 5.82 Å². The maximum absolute atomic E-state index is 13.5. The fourth-order valence-corrected chi connectivity index (χ4v) is 3.61. The Hall–Kier alpha value is -2.02. The maximum Gasteiger partial charge on any atom is 0.281 e. The van der Waals surface area contributed by atoms with Crippen LogP contribution >= 0.6 is 22.9 Å². The number of amides is 1. The van der Waals surface area contributed by atoms with E-state index >= 15 is 0 Å². The molecule has 7 heteroatoms. The molecule has 0 radical (unpaired) electrons. The molecule has 4 nitrogen and oxygen atoms in total. The van der Waals surface area contributed by atoms with E-state index in [0.29, 0.717) is 28.5 Å². The number of hydrogen-bond donors (Lipinski definition) is 0. The van der Waals surface area contributed by atoms with Gasteiger partial charge in [0.25, 0.3) is 5.91 Å². The van der Waals surface area contributed by atoms with Gasteiger partial charge in [-0.25, -0.2) is 4.39 Å². The monoisotopic (exact) mass is 364 g/mol. The van der Waals surface area contributed by atoms with Crippen LogP contribution in [-0.4, -0.2) is 24.2 Å². The summed E-state index contributed by atoms with van der Waals surface area (Å²) in [6.45, 7) is 0.966. The van der Waals surface area contributed by atoms with E-state index in [9.17, 15) is 9.18 Å². The normalized spacial score (nSPS) is 12.0. The van der Waals surface area contributed by atoms with Gasteiger partial charge >= 0.3 is 0 Å². The van der Waals surface area contributed by atoms with Crippen LogP contribution in [0.4, 0.5) is 4.39 Å². The molecule has 3 rings (SSSR count). The second-order valence-electron chi connectivity index (χ2n) is 5.04. The first-order valence-electron chi connectivity index (χ1n) is 7.21. The largest absolute Gasteiger partial charge is 0.383 e. The van der Waals surface area contributed by atoms with Crippen molar-refractivity contribution in [3.8, 4) is 0 Å². The van der Waals surface area contributed by atoms with Crippen molar-refractivity contribution in [2.75, 3.05) is 13.7 Å². The van der Waals surface area contributed by atoms with Gasteiger partial charge in [-0.2, -0.15) is 4.99 Å². The van der Waals surface area contributed by atoms with Gasteiger partial charge in [-0.1, -0.05) is 35.1 Å². The molecule has 0 aliphatic heterocycles. The van der Waals surface area contributed by atoms with Gasteiger partial charge in [0.1, 0.15) is 5.82 Å². The Bertz CT molecular complexity index is 965. The first-order chi connectivity index (χ1) is 11.6. The lowest BCUT2D eigenvalue weighted by Crippen LogP contribution is -2.19. The number of ether oxygens (including phenoxy) is 1. The molecule has 124 valence electrons. The highest BCUT2D eigenvalue weighted by Crippen LogP contribution is 2.20. The van der Waals surface area contributed by atoms with Gasteiger partial charge in [0.15, 0.2) is 4.80 Å². The van der Waals surface area contributed by atoms with Crippen LogP contribution in [-0.2, 0) is 11.3 Å². The molecule has 0 saturated heterocycles. The van der Waals surface area contributed by atoms with Crippen LogP contribution in [0.25, 0.3) is 10.2 Å². The third-order valence-electron chi connectivity index (χ3n) is 3.47. The molecule has 0 spiro atoms. The minimum atomic E-state index is -0.432. The molecular formula is C17H14ClFN2O2S. The van der Waals surface area contributed by atoms with Gasteiger partial charge in [0.2, 0.25) is 0 Å². The van der Waals surface area contributed by atoms with Crippen molar-refractivity contribution in [2.45, 2.75) is 6.54 Å². The highest BCUT2D eigenvalue weighted by Gasteiger charge is 2.12. The number of thiazole rings is 1. The molecule has 0 atom stereocenters. The number of halogens is 2. The van der Waals surface area contributed by atoms with Crippen molar-refractivity contribution in [3.63, 3.8) is 0 Å². The summed E-state index contributed by atoms with van der Waals surface area (Å²) in [6.07, 6.45) is 0. The predicted molar refractivity (Wildman–Crippen MR) is 93.0 cm³/mol. The van der Waals surface area contributed by atoms with E-state index in [1.165, 1.54) is 23.5 Å². The Balaban J connectivity index is 2.13. The number of aromatic nitrogens is 1. The number of hydrogen-bond acceptors (Lipinski definition) is 3. The second-order valence-corrected chi connectivity index (χ2v) is 6.45. The van der Waals surface area contributed by atoms with E-state index < -0.39 is 5.91 Å². The number of rotatable bonds is 4. The van der Waals surface area contributed by atoms with Crippen molar-refractivity contribution in [3.05, 3.63) is 63.7 Å². The molecule has 1 amide bonds. The van der Waals surface area contributed by atoms with Crippen LogP contribution in [0.5, 0.6) is 0 Å². The third kappa shape index (κ3) is 3.40. The van der Waals surface area contributed by atoms with E-state index in [0.717, 1.165) is 10.2 Å². The summed E-state index contributed by atoms with van der Waals surface area (Å²) in [6, 6.07) is 11.2. The fourth-order valence-electron chi connectivity index (χ4n) is 2.31. The third-order valence-corrected chi connectivity index (χ3v) is 4.84. The van der Waals surface area contributed by atoms with Gasteiger partial charge in [-0.05, 0) is 30.3 Å². The number of methoxy groups -OCH3 is 1. The summed E-state index contributed by atoms with van der Waals surface area (Å²) < 4.78 is 21.1. The van der Waals surface area contributed by atoms with Crippen LogP contribution in [0.15, 0.2) is 47.5 Å². The number of carbonyl (C=O) groups excluding carboxylic acids is 1. The SMILES string of the molecule is COCCn1c(=NC(=O)c2ccccc2Cl)sc2cc(F)ccc21. The van der Waals surface area contributed by atoms with E-state index in [4.69, 9.17) is 16.3 Å². The van der Waals surface area contributed by atoms with Gasteiger partial charge in [0.05, 0.1) is 27.4 Å². The highest BCUT2D eigenvalue weighted by molar-refractivity contribution is 7.16. The highest BCUT2D eigenvalue weighted by atomic mass is 35.5. The van der Waals surface area contributed by atoms with Crippen LogP contribution < -0.4 is 4.80 Å². The van der Waals surface area contributed by atoms with Crippen molar-refractivity contribution in [1.29, 1.82) is 0 Å². The standard InChI is InChI=1S/C17H14ClFN2O2S/c1-23-9-8-21-14-7-6-11(19)10-15(14)24-17(21)20-16(22)12-4-2-3-5-13(12)18/h2-7,10H,8-9H2,1H3. The molecule has 0 unspecified atom stereocenters. The summed E-state index contributed by atoms with van der Waals surface area (Å²) in [5.41, 5.74) is 1.14. The molecule has 3 aromatic rings. The summed E-state index contributed by atoms with van der Waals surface area (Å²) in [5.74, 6) is -0.759. The first kappa shape index (κ1) is 16.8. The fraction of sp³-hybridized carbons (Fsp3) is 0.176. The van der Waals surface area contributed by atoms with Gasteiger partial charge in [-0.3, -0.25) is 4.79 Å². The van der Waals surface area contributed by atoms with Gasteiger partial charge in [-0.15, -0.1) is 0 Å². The van der Waals surface area contributed by atoms with E-state index in [2.05, 4.69) is 4.99 Å². The quantitative estimate of drug-likeness (QED) is 0.705. The molecular weight excluding hydrogens is 351 g/mol. The number of carbonyl (C=O) groups is 1. The average molecular weight is 365 g/mol. The van der Waals surface area contributed by atoms with Crippen LogP contribution in [0.2, 0.25) is 5.02 Å². The minimum Gasteiger partial charge on any atom is -0.383 e. The topological polar surface area (TPSA) is 43.6 Å². The lowest BCUT2D eigenvalue weighted by atomic mass is 10.2. The second kappa shape index (κ2) is 7.25. The molecule has 1 aromatic heterocycles. The lowest BCUT2D eigenvalue weighted by molar-refractivity contribution is 0.0997. The summed E-state index contributed by atoms with van der Waals surface area (Å²) >= 11 is 7.31. The van der Waals surface area contributed by atoms with Gasteiger partial charge < -0.3 is 9.30 Å². The lowest BCUT2D eigenvalue weighted by Gasteiger charge is -2.04. The molecule has 0 aliphatic rings.